The van der Waals surface area contributed by atoms with Crippen LogP contribution >= 0.6 is 0 Å². The largest absolute Gasteiger partial charge is 0.481 e. The summed E-state index contributed by atoms with van der Waals surface area (Å²) < 4.78 is 1.79. The van der Waals surface area contributed by atoms with Crippen molar-refractivity contribution in [2.75, 3.05) is 5.32 Å². The lowest BCUT2D eigenvalue weighted by atomic mass is 10.1. The number of hydrogen-bond acceptors (Lipinski definition) is 4. The standard InChI is InChI=1S/C14H16N4O3/c1-18-9-15-17-14(18)10-4-2-5-11(8-10)16-12(19)6-3-7-13(20)21/h2,4-5,8-9H,3,6-7H2,1H3,(H,16,19)(H,20,21). The predicted octanol–water partition coefficient (Wildman–Crippen LogP) is 1.68. The van der Waals surface area contributed by atoms with E-state index in [9.17, 15) is 9.59 Å². The Balaban J connectivity index is 2.00. The number of carboxylic acid groups (broad SMARTS) is 1. The first-order valence-corrected chi connectivity index (χ1v) is 6.52. The van der Waals surface area contributed by atoms with E-state index in [1.54, 1.807) is 23.0 Å². The van der Waals surface area contributed by atoms with Crippen molar-refractivity contribution in [1.29, 1.82) is 0 Å². The Kier molecular flexibility index (Phi) is 4.65. The van der Waals surface area contributed by atoms with Gasteiger partial charge in [0.05, 0.1) is 0 Å². The van der Waals surface area contributed by atoms with Gasteiger partial charge in [0.25, 0.3) is 0 Å². The fraction of sp³-hybridized carbons (Fsp3) is 0.286. The van der Waals surface area contributed by atoms with Crippen molar-refractivity contribution in [3.05, 3.63) is 30.6 Å². The zero-order valence-electron chi connectivity index (χ0n) is 11.6. The van der Waals surface area contributed by atoms with E-state index in [1.165, 1.54) is 0 Å². The highest BCUT2D eigenvalue weighted by Crippen LogP contribution is 2.20. The van der Waals surface area contributed by atoms with Crippen molar-refractivity contribution in [1.82, 2.24) is 14.8 Å². The molecule has 2 N–H and O–H groups in total. The molecule has 0 radical (unpaired) electrons. The Labute approximate surface area is 121 Å². The lowest BCUT2D eigenvalue weighted by Gasteiger charge is -2.07. The number of nitrogens with zero attached hydrogens (tertiary/aromatic N) is 3. The number of aryl methyl sites for hydroxylation is 1. The van der Waals surface area contributed by atoms with Gasteiger partial charge in [-0.05, 0) is 18.6 Å². The van der Waals surface area contributed by atoms with Crippen LogP contribution < -0.4 is 5.32 Å². The fourth-order valence-corrected chi connectivity index (χ4v) is 1.90. The SMILES string of the molecule is Cn1cnnc1-c1cccc(NC(=O)CCCC(=O)O)c1. The van der Waals surface area contributed by atoms with Crippen LogP contribution in [0.4, 0.5) is 5.69 Å². The molecule has 0 atom stereocenters. The van der Waals surface area contributed by atoms with Crippen LogP contribution in [0.25, 0.3) is 11.4 Å². The van der Waals surface area contributed by atoms with Crippen LogP contribution in [-0.2, 0) is 16.6 Å². The Bertz CT molecular complexity index is 651. The molecule has 0 fully saturated rings. The topological polar surface area (TPSA) is 97.1 Å². The van der Waals surface area contributed by atoms with E-state index in [0.29, 0.717) is 17.9 Å². The molecule has 0 bridgehead atoms. The number of carboxylic acids is 1. The summed E-state index contributed by atoms with van der Waals surface area (Å²) in [7, 11) is 1.84. The van der Waals surface area contributed by atoms with E-state index >= 15 is 0 Å². The molecule has 0 spiro atoms. The second kappa shape index (κ2) is 6.65. The Morgan fingerprint density at radius 2 is 2.14 bits per heavy atom. The molecule has 7 heteroatoms. The van der Waals surface area contributed by atoms with Gasteiger partial charge < -0.3 is 15.0 Å². The van der Waals surface area contributed by atoms with Gasteiger partial charge in [-0.2, -0.15) is 0 Å². The van der Waals surface area contributed by atoms with Gasteiger partial charge in [0, 0.05) is 31.1 Å². The molecule has 0 saturated heterocycles. The first kappa shape index (κ1) is 14.7. The van der Waals surface area contributed by atoms with Crippen LogP contribution in [0.1, 0.15) is 19.3 Å². The number of carbonyl (C=O) groups is 2. The molecule has 21 heavy (non-hydrogen) atoms. The van der Waals surface area contributed by atoms with E-state index in [0.717, 1.165) is 5.56 Å². The third-order valence-corrected chi connectivity index (χ3v) is 2.91. The molecule has 110 valence electrons. The number of carbonyl (C=O) groups excluding carboxylic acids is 1. The average Bonchev–Trinajstić information content (AvgIpc) is 2.85. The number of benzene rings is 1. The second-order valence-electron chi connectivity index (χ2n) is 4.64. The Hall–Kier alpha value is -2.70. The van der Waals surface area contributed by atoms with Gasteiger partial charge in [-0.25, -0.2) is 0 Å². The molecule has 0 aliphatic carbocycles. The van der Waals surface area contributed by atoms with Gasteiger partial charge in [-0.3, -0.25) is 9.59 Å². The summed E-state index contributed by atoms with van der Waals surface area (Å²) >= 11 is 0. The van der Waals surface area contributed by atoms with Gasteiger partial charge in [0.1, 0.15) is 6.33 Å². The predicted molar refractivity (Wildman–Crippen MR) is 76.6 cm³/mol. The van der Waals surface area contributed by atoms with Crippen molar-refractivity contribution in [2.45, 2.75) is 19.3 Å². The molecule has 2 rings (SSSR count). The van der Waals surface area contributed by atoms with Crippen LogP contribution in [0.15, 0.2) is 30.6 Å². The number of anilines is 1. The van der Waals surface area contributed by atoms with E-state index in [-0.39, 0.29) is 18.7 Å². The Morgan fingerprint density at radius 1 is 1.33 bits per heavy atom. The van der Waals surface area contributed by atoms with E-state index < -0.39 is 5.97 Å². The van der Waals surface area contributed by atoms with Crippen molar-refractivity contribution in [3.8, 4) is 11.4 Å². The zero-order valence-corrected chi connectivity index (χ0v) is 11.6. The molecule has 1 aromatic heterocycles. The number of rotatable bonds is 6. The monoisotopic (exact) mass is 288 g/mol. The lowest BCUT2D eigenvalue weighted by Crippen LogP contribution is -2.12. The molecule has 1 aromatic carbocycles. The third kappa shape index (κ3) is 4.13. The van der Waals surface area contributed by atoms with Crippen LogP contribution in [0, 0.1) is 0 Å². The second-order valence-corrected chi connectivity index (χ2v) is 4.64. The highest BCUT2D eigenvalue weighted by atomic mass is 16.4. The summed E-state index contributed by atoms with van der Waals surface area (Å²) in [6.07, 6.45) is 2.10. The molecular weight excluding hydrogens is 272 g/mol. The van der Waals surface area contributed by atoms with Gasteiger partial charge >= 0.3 is 5.97 Å². The first-order valence-electron chi connectivity index (χ1n) is 6.52. The quantitative estimate of drug-likeness (QED) is 0.842. The molecule has 2 aromatic rings. The molecule has 0 aliphatic rings. The average molecular weight is 288 g/mol. The minimum Gasteiger partial charge on any atom is -0.481 e. The molecule has 7 nitrogen and oxygen atoms in total. The molecule has 0 aliphatic heterocycles. The smallest absolute Gasteiger partial charge is 0.303 e. The maximum absolute atomic E-state index is 11.7. The minimum absolute atomic E-state index is 0.00754. The Morgan fingerprint density at radius 3 is 2.81 bits per heavy atom. The maximum Gasteiger partial charge on any atom is 0.303 e. The van der Waals surface area contributed by atoms with Crippen molar-refractivity contribution < 1.29 is 14.7 Å². The summed E-state index contributed by atoms with van der Waals surface area (Å²) in [5, 5.41) is 19.1. The molecule has 1 amide bonds. The first-order chi connectivity index (χ1) is 10.1. The van der Waals surface area contributed by atoms with E-state index in [2.05, 4.69) is 15.5 Å². The minimum atomic E-state index is -0.896. The van der Waals surface area contributed by atoms with Gasteiger partial charge in [-0.1, -0.05) is 12.1 Å². The summed E-state index contributed by atoms with van der Waals surface area (Å²) in [6.45, 7) is 0. The fourth-order valence-electron chi connectivity index (χ4n) is 1.90. The number of aromatic nitrogens is 3. The maximum atomic E-state index is 11.7. The van der Waals surface area contributed by atoms with Crippen LogP contribution in [0.5, 0.6) is 0 Å². The van der Waals surface area contributed by atoms with Crippen LogP contribution in [-0.4, -0.2) is 31.7 Å². The summed E-state index contributed by atoms with van der Waals surface area (Å²) in [5.41, 5.74) is 1.49. The lowest BCUT2D eigenvalue weighted by molar-refractivity contribution is -0.137. The highest BCUT2D eigenvalue weighted by molar-refractivity contribution is 5.91. The number of aliphatic carboxylic acids is 1. The van der Waals surface area contributed by atoms with E-state index in [1.807, 2.05) is 19.2 Å². The number of hydrogen-bond donors (Lipinski definition) is 2. The summed E-state index contributed by atoms with van der Waals surface area (Å²) in [6, 6.07) is 7.27. The zero-order chi connectivity index (χ0) is 15.2. The van der Waals surface area contributed by atoms with Crippen molar-refractivity contribution in [3.63, 3.8) is 0 Å². The molecule has 0 saturated carbocycles. The molecular formula is C14H16N4O3. The van der Waals surface area contributed by atoms with Gasteiger partial charge in [0.15, 0.2) is 5.82 Å². The van der Waals surface area contributed by atoms with E-state index in [4.69, 9.17) is 5.11 Å². The number of amides is 1. The van der Waals surface area contributed by atoms with Crippen molar-refractivity contribution >= 4 is 17.6 Å². The highest BCUT2D eigenvalue weighted by Gasteiger charge is 2.08. The molecule has 1 heterocycles. The molecule has 0 unspecified atom stereocenters. The third-order valence-electron chi connectivity index (χ3n) is 2.91. The van der Waals surface area contributed by atoms with Crippen LogP contribution in [0.2, 0.25) is 0 Å². The van der Waals surface area contributed by atoms with Gasteiger partial charge in [-0.15, -0.1) is 10.2 Å². The number of nitrogens with one attached hydrogen (secondary N) is 1. The van der Waals surface area contributed by atoms with Crippen LogP contribution in [0.3, 0.4) is 0 Å². The van der Waals surface area contributed by atoms with Gasteiger partial charge in [0.2, 0.25) is 5.91 Å². The normalized spacial score (nSPS) is 10.3. The summed E-state index contributed by atoms with van der Waals surface area (Å²) in [5.74, 6) is -0.393. The van der Waals surface area contributed by atoms with Crippen molar-refractivity contribution in [2.24, 2.45) is 7.05 Å². The summed E-state index contributed by atoms with van der Waals surface area (Å²) in [4.78, 5) is 22.1.